The molecule has 0 spiro atoms. The van der Waals surface area contributed by atoms with Crippen molar-refractivity contribution in [2.75, 3.05) is 18.0 Å². The molecule has 1 amide bonds. The van der Waals surface area contributed by atoms with E-state index in [1.165, 1.54) is 12.8 Å². The topological polar surface area (TPSA) is 49.3 Å². The molecule has 0 aromatic carbocycles. The fourth-order valence-corrected chi connectivity index (χ4v) is 3.23. The minimum Gasteiger partial charge on any atom is -0.357 e. The van der Waals surface area contributed by atoms with Gasteiger partial charge in [-0.15, -0.1) is 0 Å². The second kappa shape index (κ2) is 6.59. The highest BCUT2D eigenvalue weighted by atomic mass is 16.2. The normalized spacial score (nSPS) is 17.1. The van der Waals surface area contributed by atoms with Crippen LogP contribution in [0.3, 0.4) is 0 Å². The van der Waals surface area contributed by atoms with Crippen molar-refractivity contribution in [1.29, 1.82) is 0 Å². The van der Waals surface area contributed by atoms with E-state index in [0.29, 0.717) is 18.2 Å². The molecule has 3 heterocycles. The van der Waals surface area contributed by atoms with Crippen LogP contribution in [0.15, 0.2) is 42.7 Å². The molecule has 5 nitrogen and oxygen atoms in total. The summed E-state index contributed by atoms with van der Waals surface area (Å²) < 4.78 is 0. The quantitative estimate of drug-likeness (QED) is 0.849. The summed E-state index contributed by atoms with van der Waals surface area (Å²) in [5, 5.41) is 0. The van der Waals surface area contributed by atoms with Gasteiger partial charge in [-0.1, -0.05) is 6.07 Å². The summed E-state index contributed by atoms with van der Waals surface area (Å²) >= 11 is 0. The number of rotatable bonds is 5. The van der Waals surface area contributed by atoms with E-state index in [4.69, 9.17) is 0 Å². The second-order valence-corrected chi connectivity index (χ2v) is 6.58. The zero-order valence-electron chi connectivity index (χ0n) is 13.8. The smallest absolute Gasteiger partial charge is 0.256 e. The molecule has 124 valence electrons. The minimum absolute atomic E-state index is 0.0589. The van der Waals surface area contributed by atoms with Gasteiger partial charge < -0.3 is 9.80 Å². The summed E-state index contributed by atoms with van der Waals surface area (Å²) in [6, 6.07) is 10.1. The number of hydrogen-bond acceptors (Lipinski definition) is 4. The summed E-state index contributed by atoms with van der Waals surface area (Å²) in [7, 11) is 0. The fraction of sp³-hybridized carbons (Fsp3) is 0.421. The van der Waals surface area contributed by atoms with Gasteiger partial charge in [0, 0.05) is 31.5 Å². The van der Waals surface area contributed by atoms with Crippen LogP contribution < -0.4 is 4.90 Å². The first-order valence-electron chi connectivity index (χ1n) is 8.73. The zero-order valence-corrected chi connectivity index (χ0v) is 13.8. The molecule has 1 aliphatic carbocycles. The predicted molar refractivity (Wildman–Crippen MR) is 92.8 cm³/mol. The number of carbonyl (C=O) groups is 1. The molecule has 0 atom stereocenters. The van der Waals surface area contributed by atoms with E-state index in [0.717, 1.165) is 37.4 Å². The minimum atomic E-state index is 0.0589. The van der Waals surface area contributed by atoms with Crippen molar-refractivity contribution in [3.63, 3.8) is 0 Å². The summed E-state index contributed by atoms with van der Waals surface area (Å²) in [6.45, 7) is 2.69. The largest absolute Gasteiger partial charge is 0.357 e. The number of aromatic nitrogens is 2. The Labute approximate surface area is 142 Å². The Morgan fingerprint density at radius 1 is 1.12 bits per heavy atom. The second-order valence-electron chi connectivity index (χ2n) is 6.58. The van der Waals surface area contributed by atoms with Gasteiger partial charge in [0.15, 0.2) is 0 Å². The molecular weight excluding hydrogens is 300 g/mol. The molecule has 4 rings (SSSR count). The molecule has 0 radical (unpaired) electrons. The summed E-state index contributed by atoms with van der Waals surface area (Å²) in [5.41, 5.74) is 1.60. The molecule has 5 heteroatoms. The van der Waals surface area contributed by atoms with Gasteiger partial charge in [-0.25, -0.2) is 4.98 Å². The Balaban J connectivity index is 1.50. The van der Waals surface area contributed by atoms with Gasteiger partial charge in [0.2, 0.25) is 0 Å². The van der Waals surface area contributed by atoms with Crippen LogP contribution in [0.5, 0.6) is 0 Å². The Morgan fingerprint density at radius 3 is 2.58 bits per heavy atom. The number of amides is 1. The lowest BCUT2D eigenvalue weighted by atomic mass is 10.2. The van der Waals surface area contributed by atoms with E-state index in [1.807, 2.05) is 35.2 Å². The maximum absolute atomic E-state index is 12.9. The van der Waals surface area contributed by atoms with Crippen LogP contribution in [0.1, 0.15) is 41.7 Å². The van der Waals surface area contributed by atoms with Crippen LogP contribution >= 0.6 is 0 Å². The van der Waals surface area contributed by atoms with Crippen LogP contribution in [0, 0.1) is 0 Å². The van der Waals surface area contributed by atoms with Crippen molar-refractivity contribution in [2.24, 2.45) is 0 Å². The van der Waals surface area contributed by atoms with Crippen LogP contribution in [0.4, 0.5) is 5.82 Å². The zero-order chi connectivity index (χ0) is 16.4. The van der Waals surface area contributed by atoms with Gasteiger partial charge in [-0.05, 0) is 49.9 Å². The van der Waals surface area contributed by atoms with Crippen molar-refractivity contribution in [3.05, 3.63) is 54.0 Å². The van der Waals surface area contributed by atoms with Crippen LogP contribution in [0.2, 0.25) is 0 Å². The van der Waals surface area contributed by atoms with Crippen molar-refractivity contribution in [3.8, 4) is 0 Å². The molecule has 2 aliphatic rings. The first kappa shape index (κ1) is 15.1. The lowest BCUT2D eigenvalue weighted by molar-refractivity contribution is 0.0727. The molecule has 0 N–H and O–H groups in total. The third-order valence-electron chi connectivity index (χ3n) is 4.73. The van der Waals surface area contributed by atoms with Crippen molar-refractivity contribution in [2.45, 2.75) is 38.3 Å². The van der Waals surface area contributed by atoms with Crippen LogP contribution in [-0.2, 0) is 6.54 Å². The highest BCUT2D eigenvalue weighted by molar-refractivity contribution is 5.94. The van der Waals surface area contributed by atoms with Gasteiger partial charge >= 0.3 is 0 Å². The first-order valence-corrected chi connectivity index (χ1v) is 8.73. The molecule has 1 saturated heterocycles. The maximum Gasteiger partial charge on any atom is 0.256 e. The van der Waals surface area contributed by atoms with Crippen molar-refractivity contribution >= 4 is 11.7 Å². The Morgan fingerprint density at radius 2 is 1.96 bits per heavy atom. The predicted octanol–water partition coefficient (Wildman–Crippen LogP) is 2.88. The summed E-state index contributed by atoms with van der Waals surface area (Å²) in [5.74, 6) is 1.04. The van der Waals surface area contributed by atoms with Crippen LogP contribution in [0.25, 0.3) is 0 Å². The van der Waals surface area contributed by atoms with Gasteiger partial charge in [0.05, 0.1) is 17.8 Å². The number of nitrogens with zero attached hydrogens (tertiary/aromatic N) is 4. The van der Waals surface area contributed by atoms with Crippen LogP contribution in [-0.4, -0.2) is 39.9 Å². The fourth-order valence-electron chi connectivity index (χ4n) is 3.23. The van der Waals surface area contributed by atoms with E-state index in [9.17, 15) is 4.79 Å². The van der Waals surface area contributed by atoms with Gasteiger partial charge in [-0.2, -0.15) is 0 Å². The Kier molecular flexibility index (Phi) is 4.15. The van der Waals surface area contributed by atoms with Gasteiger partial charge in [-0.3, -0.25) is 9.78 Å². The van der Waals surface area contributed by atoms with E-state index in [-0.39, 0.29) is 5.91 Å². The van der Waals surface area contributed by atoms with Gasteiger partial charge in [0.1, 0.15) is 5.82 Å². The Bertz CT molecular complexity index is 691. The third-order valence-corrected chi connectivity index (χ3v) is 4.73. The summed E-state index contributed by atoms with van der Waals surface area (Å²) in [6.07, 6.45) is 8.11. The number of pyridine rings is 2. The molecule has 1 saturated carbocycles. The molecule has 2 aromatic heterocycles. The first-order chi connectivity index (χ1) is 11.8. The third kappa shape index (κ3) is 3.25. The van der Waals surface area contributed by atoms with E-state index < -0.39 is 0 Å². The molecule has 2 fully saturated rings. The van der Waals surface area contributed by atoms with E-state index in [1.54, 1.807) is 12.4 Å². The number of anilines is 1. The lowest BCUT2D eigenvalue weighted by Crippen LogP contribution is -2.33. The van der Waals surface area contributed by atoms with Gasteiger partial charge in [0.25, 0.3) is 5.91 Å². The number of hydrogen-bond donors (Lipinski definition) is 0. The highest BCUT2D eigenvalue weighted by Crippen LogP contribution is 2.29. The molecule has 2 aromatic rings. The monoisotopic (exact) mass is 322 g/mol. The molecule has 1 aliphatic heterocycles. The van der Waals surface area contributed by atoms with Crippen molar-refractivity contribution in [1.82, 2.24) is 14.9 Å². The highest BCUT2D eigenvalue weighted by Gasteiger charge is 2.33. The Hall–Kier alpha value is -2.43. The van der Waals surface area contributed by atoms with E-state index >= 15 is 0 Å². The standard InChI is InChI=1S/C19H22N4O/c24-19(15-6-9-18(21-13-15)22-11-3-4-12-22)23(17-7-8-17)14-16-5-1-2-10-20-16/h1-2,5-6,9-10,13,17H,3-4,7-8,11-12,14H2. The maximum atomic E-state index is 12.9. The lowest BCUT2D eigenvalue weighted by Gasteiger charge is -2.22. The average molecular weight is 322 g/mol. The molecular formula is C19H22N4O. The SMILES string of the molecule is O=C(c1ccc(N2CCCC2)nc1)N(Cc1ccccn1)C1CC1. The average Bonchev–Trinajstić information content (AvgIpc) is 3.33. The van der Waals surface area contributed by atoms with Crippen molar-refractivity contribution < 1.29 is 4.79 Å². The van der Waals surface area contributed by atoms with E-state index in [2.05, 4.69) is 14.9 Å². The summed E-state index contributed by atoms with van der Waals surface area (Å²) in [4.78, 5) is 26.0. The molecule has 0 bridgehead atoms. The molecule has 0 unspecified atom stereocenters. The molecule has 24 heavy (non-hydrogen) atoms. The number of carbonyl (C=O) groups excluding carboxylic acids is 1.